The summed E-state index contributed by atoms with van der Waals surface area (Å²) in [6.45, 7) is 0.570. The number of alkyl halides is 3. The van der Waals surface area contributed by atoms with Crippen LogP contribution in [0.15, 0.2) is 63.2 Å². The second-order valence-corrected chi connectivity index (χ2v) is 13.0. The van der Waals surface area contributed by atoms with Gasteiger partial charge in [0, 0.05) is 32.2 Å². The third-order valence-electron chi connectivity index (χ3n) is 6.85. The van der Waals surface area contributed by atoms with Crippen LogP contribution < -0.4 is 4.72 Å². The van der Waals surface area contributed by atoms with Crippen molar-refractivity contribution < 1.29 is 44.7 Å². The van der Waals surface area contributed by atoms with Crippen molar-refractivity contribution in [2.24, 2.45) is 5.92 Å². The molecule has 2 N–H and O–H groups in total. The van der Waals surface area contributed by atoms with Gasteiger partial charge in [0.05, 0.1) is 26.2 Å². The lowest BCUT2D eigenvalue weighted by Crippen LogP contribution is -2.48. The zero-order valence-corrected chi connectivity index (χ0v) is 22.1. The van der Waals surface area contributed by atoms with Crippen molar-refractivity contribution in [3.63, 3.8) is 0 Å². The molecule has 39 heavy (non-hydrogen) atoms. The van der Waals surface area contributed by atoms with Crippen molar-refractivity contribution in [2.45, 2.75) is 46.2 Å². The summed E-state index contributed by atoms with van der Waals surface area (Å²) in [5, 5.41) is 9.08. The maximum Gasteiger partial charge on any atom is 0.417 e. The Labute approximate surface area is 223 Å². The van der Waals surface area contributed by atoms with Crippen molar-refractivity contribution in [1.29, 1.82) is 0 Å². The van der Waals surface area contributed by atoms with Crippen molar-refractivity contribution >= 4 is 31.9 Å². The van der Waals surface area contributed by atoms with Gasteiger partial charge in [-0.15, -0.1) is 0 Å². The summed E-state index contributed by atoms with van der Waals surface area (Å²) in [6, 6.07) is 7.80. The molecule has 0 aromatic heterocycles. The molecule has 2 fully saturated rings. The molecule has 2 saturated heterocycles. The Kier molecular flexibility index (Phi) is 7.96. The van der Waals surface area contributed by atoms with Gasteiger partial charge in [0.15, 0.2) is 0 Å². The lowest BCUT2D eigenvalue weighted by molar-refractivity contribution is -0.140. The Bertz CT molecular complexity index is 1460. The monoisotopic (exact) mass is 589 g/mol. The molecular weight excluding hydrogens is 563 g/mol. The summed E-state index contributed by atoms with van der Waals surface area (Å²) in [5.41, 5.74) is -1.50. The number of amides is 2. The summed E-state index contributed by atoms with van der Waals surface area (Å²) in [5.74, 6) is -0.753. The molecule has 0 saturated carbocycles. The van der Waals surface area contributed by atoms with Crippen molar-refractivity contribution in [3.8, 4) is 0 Å². The molecule has 10 nitrogen and oxygen atoms in total. The molecule has 15 heteroatoms. The minimum absolute atomic E-state index is 0.0726. The highest BCUT2D eigenvalue weighted by Gasteiger charge is 2.40. The molecule has 212 valence electrons. The van der Waals surface area contributed by atoms with Crippen LogP contribution in [0.1, 0.15) is 24.8 Å². The van der Waals surface area contributed by atoms with Crippen LogP contribution in [0.4, 0.5) is 18.0 Å². The van der Waals surface area contributed by atoms with Crippen LogP contribution in [0.2, 0.25) is 0 Å². The van der Waals surface area contributed by atoms with Gasteiger partial charge in [-0.05, 0) is 49.6 Å². The Balaban J connectivity index is 1.52. The number of nitrogens with one attached hydrogen (secondary N) is 1. The molecule has 0 spiro atoms. The van der Waals surface area contributed by atoms with Crippen LogP contribution in [0, 0.1) is 5.92 Å². The fourth-order valence-electron chi connectivity index (χ4n) is 4.76. The average Bonchev–Trinajstić information content (AvgIpc) is 3.39. The van der Waals surface area contributed by atoms with Crippen LogP contribution in [0.5, 0.6) is 0 Å². The number of benzene rings is 2. The minimum atomic E-state index is -5.07. The zero-order valence-electron chi connectivity index (χ0n) is 20.5. The number of carboxylic acid groups (broad SMARTS) is 1. The molecule has 0 radical (unpaired) electrons. The average molecular weight is 590 g/mol. The molecule has 2 aromatic rings. The number of sulfonamides is 1. The zero-order chi connectivity index (χ0) is 28.6. The number of piperidine rings is 1. The van der Waals surface area contributed by atoms with Crippen LogP contribution >= 0.6 is 0 Å². The summed E-state index contributed by atoms with van der Waals surface area (Å²) in [6.07, 6.45) is -5.58. The summed E-state index contributed by atoms with van der Waals surface area (Å²) in [4.78, 5) is 24.5. The Hall–Kier alpha value is -3.17. The topological polar surface area (TPSA) is 141 Å². The Morgan fingerprint density at radius 2 is 1.49 bits per heavy atom. The van der Waals surface area contributed by atoms with E-state index in [1.54, 1.807) is 6.07 Å². The first-order valence-corrected chi connectivity index (χ1v) is 15.0. The molecule has 2 aliphatic rings. The van der Waals surface area contributed by atoms with Crippen LogP contribution in [-0.4, -0.2) is 76.0 Å². The van der Waals surface area contributed by atoms with E-state index in [1.807, 2.05) is 0 Å². The van der Waals surface area contributed by atoms with Gasteiger partial charge in [0.2, 0.25) is 25.8 Å². The standard InChI is InChI=1S/C24H26F3N3O7S2/c25-24(26,27)20-7-6-19(38(34,35)18-4-2-1-3-5-18)14-21(20)39(36,37)28-17-9-12-29(13-10-17)22(31)16-8-11-30(15-16)23(32)33/h1-7,14,16-17,28H,8-13,15H2,(H,32,33)/t16-/m0/s1. The van der Waals surface area contributed by atoms with Gasteiger partial charge in [-0.25, -0.2) is 26.4 Å². The van der Waals surface area contributed by atoms with Gasteiger partial charge in [0.1, 0.15) is 0 Å². The molecular formula is C24H26F3N3O7S2. The lowest BCUT2D eigenvalue weighted by atomic mass is 10.0. The van der Waals surface area contributed by atoms with Gasteiger partial charge in [-0.2, -0.15) is 13.2 Å². The van der Waals surface area contributed by atoms with Crippen molar-refractivity contribution in [2.75, 3.05) is 26.2 Å². The number of sulfone groups is 1. The van der Waals surface area contributed by atoms with Gasteiger partial charge in [-0.3, -0.25) is 4.79 Å². The van der Waals surface area contributed by atoms with E-state index in [0.29, 0.717) is 18.6 Å². The highest BCUT2D eigenvalue weighted by molar-refractivity contribution is 7.91. The molecule has 1 atom stereocenters. The van der Waals surface area contributed by atoms with E-state index in [1.165, 1.54) is 29.2 Å². The molecule has 0 unspecified atom stereocenters. The van der Waals surface area contributed by atoms with E-state index in [9.17, 15) is 39.6 Å². The molecule has 2 heterocycles. The van der Waals surface area contributed by atoms with Crippen molar-refractivity contribution in [3.05, 3.63) is 54.1 Å². The quantitative estimate of drug-likeness (QED) is 0.528. The minimum Gasteiger partial charge on any atom is -0.465 e. The van der Waals surface area contributed by atoms with Gasteiger partial charge in [-0.1, -0.05) is 18.2 Å². The predicted molar refractivity (Wildman–Crippen MR) is 131 cm³/mol. The van der Waals surface area contributed by atoms with E-state index < -0.39 is 59.4 Å². The predicted octanol–water partition coefficient (Wildman–Crippen LogP) is 2.81. The summed E-state index contributed by atoms with van der Waals surface area (Å²) >= 11 is 0. The molecule has 2 amide bonds. The Morgan fingerprint density at radius 3 is 2.05 bits per heavy atom. The number of carbonyl (C=O) groups is 2. The number of halogens is 3. The van der Waals surface area contributed by atoms with E-state index >= 15 is 0 Å². The first-order chi connectivity index (χ1) is 18.2. The van der Waals surface area contributed by atoms with Gasteiger partial charge >= 0.3 is 12.3 Å². The maximum absolute atomic E-state index is 13.7. The molecule has 0 bridgehead atoms. The fourth-order valence-corrected chi connectivity index (χ4v) is 7.70. The molecule has 4 rings (SSSR count). The highest BCUT2D eigenvalue weighted by atomic mass is 32.2. The third-order valence-corrected chi connectivity index (χ3v) is 10.2. The Morgan fingerprint density at radius 1 is 0.872 bits per heavy atom. The summed E-state index contributed by atoms with van der Waals surface area (Å²) in [7, 11) is -9.11. The second kappa shape index (κ2) is 10.8. The fraction of sp³-hybridized carbons (Fsp3) is 0.417. The number of hydrogen-bond donors (Lipinski definition) is 2. The van der Waals surface area contributed by atoms with Crippen LogP contribution in [0.25, 0.3) is 0 Å². The van der Waals surface area contributed by atoms with E-state index in [4.69, 9.17) is 5.11 Å². The molecule has 0 aliphatic carbocycles. The SMILES string of the molecule is O=C(O)N1CC[C@H](C(=O)N2CCC(NS(=O)(=O)c3cc(S(=O)(=O)c4ccccc4)ccc3C(F)(F)F)CC2)C1. The smallest absolute Gasteiger partial charge is 0.417 e. The van der Waals surface area contributed by atoms with Crippen LogP contribution in [0.3, 0.4) is 0 Å². The second-order valence-electron chi connectivity index (χ2n) is 9.41. The summed E-state index contributed by atoms with van der Waals surface area (Å²) < 4.78 is 95.7. The van der Waals surface area contributed by atoms with Crippen LogP contribution in [-0.2, 0) is 30.8 Å². The number of rotatable bonds is 6. The van der Waals surface area contributed by atoms with E-state index in [0.717, 1.165) is 11.0 Å². The largest absolute Gasteiger partial charge is 0.465 e. The number of hydrogen-bond acceptors (Lipinski definition) is 6. The first kappa shape index (κ1) is 28.8. The highest BCUT2D eigenvalue weighted by Crippen LogP contribution is 2.36. The van der Waals surface area contributed by atoms with Gasteiger partial charge in [0.25, 0.3) is 0 Å². The third kappa shape index (κ3) is 6.20. The van der Waals surface area contributed by atoms with E-state index in [2.05, 4.69) is 4.72 Å². The molecule has 2 aromatic carbocycles. The number of carbonyl (C=O) groups excluding carboxylic acids is 1. The van der Waals surface area contributed by atoms with E-state index in [-0.39, 0.29) is 49.8 Å². The number of likely N-dealkylation sites (tertiary alicyclic amines) is 2. The lowest BCUT2D eigenvalue weighted by Gasteiger charge is -2.33. The number of nitrogens with zero attached hydrogens (tertiary/aromatic N) is 2. The maximum atomic E-state index is 13.7. The van der Waals surface area contributed by atoms with Crippen molar-refractivity contribution in [1.82, 2.24) is 14.5 Å². The first-order valence-electron chi connectivity index (χ1n) is 12.0. The normalized spacial score (nSPS) is 19.3. The molecule has 2 aliphatic heterocycles. The van der Waals surface area contributed by atoms with Gasteiger partial charge < -0.3 is 14.9 Å².